The van der Waals surface area contributed by atoms with Crippen LogP contribution < -0.4 is 5.32 Å². The van der Waals surface area contributed by atoms with Gasteiger partial charge in [0.2, 0.25) is 0 Å². The van der Waals surface area contributed by atoms with E-state index in [0.29, 0.717) is 5.41 Å². The normalized spacial score (nSPS) is 35.8. The van der Waals surface area contributed by atoms with E-state index in [2.05, 4.69) is 12.2 Å². The van der Waals surface area contributed by atoms with Crippen LogP contribution in [-0.4, -0.2) is 12.6 Å². The quantitative estimate of drug-likeness (QED) is 0.755. The molecule has 3 aliphatic carbocycles. The first-order valence-electron chi connectivity index (χ1n) is 8.55. The van der Waals surface area contributed by atoms with Gasteiger partial charge in [-0.1, -0.05) is 32.6 Å². The zero-order valence-corrected chi connectivity index (χ0v) is 12.2. The molecule has 3 aliphatic rings. The summed E-state index contributed by atoms with van der Waals surface area (Å²) in [5, 5.41) is 3.97. The summed E-state index contributed by atoms with van der Waals surface area (Å²) >= 11 is 0. The Bertz CT molecular complexity index is 263. The molecule has 3 saturated carbocycles. The van der Waals surface area contributed by atoms with Gasteiger partial charge in [0.15, 0.2) is 0 Å². The molecule has 104 valence electrons. The van der Waals surface area contributed by atoms with Crippen molar-refractivity contribution >= 4 is 0 Å². The molecule has 0 heterocycles. The highest BCUT2D eigenvalue weighted by atomic mass is 14.9. The predicted octanol–water partition coefficient (Wildman–Crippen LogP) is 4.52. The number of rotatable bonds is 5. The molecule has 0 radical (unpaired) electrons. The van der Waals surface area contributed by atoms with Crippen LogP contribution in [0.1, 0.15) is 77.6 Å². The van der Waals surface area contributed by atoms with Gasteiger partial charge in [0, 0.05) is 12.6 Å². The fraction of sp³-hybridized carbons (Fsp3) is 1.00. The minimum absolute atomic E-state index is 0.673. The van der Waals surface area contributed by atoms with Crippen LogP contribution in [0.3, 0.4) is 0 Å². The molecule has 2 atom stereocenters. The lowest BCUT2D eigenvalue weighted by atomic mass is 9.80. The van der Waals surface area contributed by atoms with Crippen molar-refractivity contribution in [2.75, 3.05) is 6.54 Å². The molecule has 0 amide bonds. The second-order valence-corrected chi connectivity index (χ2v) is 7.40. The van der Waals surface area contributed by atoms with E-state index in [1.54, 1.807) is 0 Å². The summed E-state index contributed by atoms with van der Waals surface area (Å²) in [4.78, 5) is 0. The summed E-state index contributed by atoms with van der Waals surface area (Å²) in [6, 6.07) is 0.855. The molecule has 0 aliphatic heterocycles. The number of hydrogen-bond acceptors (Lipinski definition) is 1. The predicted molar refractivity (Wildman–Crippen MR) is 77.7 cm³/mol. The fourth-order valence-corrected chi connectivity index (χ4v) is 4.55. The van der Waals surface area contributed by atoms with E-state index in [1.807, 2.05) is 0 Å². The van der Waals surface area contributed by atoms with Gasteiger partial charge in [-0.3, -0.25) is 0 Å². The van der Waals surface area contributed by atoms with Gasteiger partial charge < -0.3 is 5.32 Å². The van der Waals surface area contributed by atoms with E-state index in [-0.39, 0.29) is 0 Å². The molecule has 0 spiro atoms. The van der Waals surface area contributed by atoms with E-state index in [1.165, 1.54) is 77.2 Å². The Hall–Kier alpha value is -0.0400. The summed E-state index contributed by atoms with van der Waals surface area (Å²) in [6.45, 7) is 3.71. The highest BCUT2D eigenvalue weighted by molar-refractivity contribution is 4.90. The monoisotopic (exact) mass is 249 g/mol. The number of nitrogens with one attached hydrogen (secondary N) is 1. The Kier molecular flexibility index (Phi) is 3.98. The van der Waals surface area contributed by atoms with Gasteiger partial charge in [-0.05, 0) is 62.2 Å². The van der Waals surface area contributed by atoms with Gasteiger partial charge in [-0.15, -0.1) is 0 Å². The van der Waals surface area contributed by atoms with E-state index in [9.17, 15) is 0 Å². The van der Waals surface area contributed by atoms with Crippen molar-refractivity contribution in [2.45, 2.75) is 83.6 Å². The molecule has 3 fully saturated rings. The largest absolute Gasteiger partial charge is 0.313 e. The second kappa shape index (κ2) is 5.53. The zero-order chi connectivity index (χ0) is 12.4. The standard InChI is InChI=1S/C17H31N/c1-2-17(10-3-4-11-17)13-18-16-7-5-6-15(12-16)14-8-9-14/h14-16,18H,2-13H2,1H3. The first kappa shape index (κ1) is 13.0. The van der Waals surface area contributed by atoms with E-state index in [0.717, 1.165) is 17.9 Å². The summed E-state index contributed by atoms with van der Waals surface area (Å²) in [7, 11) is 0. The molecule has 0 bridgehead atoms. The van der Waals surface area contributed by atoms with Gasteiger partial charge in [-0.25, -0.2) is 0 Å². The minimum atomic E-state index is 0.673. The Morgan fingerprint density at radius 2 is 1.72 bits per heavy atom. The van der Waals surface area contributed by atoms with Crippen LogP contribution in [0, 0.1) is 17.3 Å². The molecule has 3 rings (SSSR count). The third kappa shape index (κ3) is 2.92. The summed E-state index contributed by atoms with van der Waals surface area (Å²) in [6.07, 6.45) is 16.3. The van der Waals surface area contributed by atoms with Crippen molar-refractivity contribution in [3.05, 3.63) is 0 Å². The molecule has 1 heteroatoms. The maximum absolute atomic E-state index is 3.97. The summed E-state index contributed by atoms with van der Waals surface area (Å²) in [5.41, 5.74) is 0.673. The van der Waals surface area contributed by atoms with Gasteiger partial charge in [0.05, 0.1) is 0 Å². The maximum Gasteiger partial charge on any atom is 0.00700 e. The highest BCUT2D eigenvalue weighted by Gasteiger charge is 2.36. The molecule has 1 N–H and O–H groups in total. The van der Waals surface area contributed by atoms with Crippen molar-refractivity contribution in [3.8, 4) is 0 Å². The summed E-state index contributed by atoms with van der Waals surface area (Å²) in [5.74, 6) is 2.21. The van der Waals surface area contributed by atoms with Gasteiger partial charge in [0.1, 0.15) is 0 Å². The topological polar surface area (TPSA) is 12.0 Å². The van der Waals surface area contributed by atoms with Gasteiger partial charge in [0.25, 0.3) is 0 Å². The zero-order valence-electron chi connectivity index (χ0n) is 12.2. The smallest absolute Gasteiger partial charge is 0.00700 e. The minimum Gasteiger partial charge on any atom is -0.313 e. The van der Waals surface area contributed by atoms with Crippen molar-refractivity contribution in [2.24, 2.45) is 17.3 Å². The van der Waals surface area contributed by atoms with Crippen LogP contribution in [0.4, 0.5) is 0 Å². The van der Waals surface area contributed by atoms with E-state index < -0.39 is 0 Å². The Morgan fingerprint density at radius 3 is 2.39 bits per heavy atom. The molecule has 0 aromatic carbocycles. The Morgan fingerprint density at radius 1 is 0.944 bits per heavy atom. The van der Waals surface area contributed by atoms with Crippen molar-refractivity contribution in [3.63, 3.8) is 0 Å². The average Bonchev–Trinajstić information content (AvgIpc) is 3.17. The van der Waals surface area contributed by atoms with Crippen LogP contribution in [-0.2, 0) is 0 Å². The molecule has 0 saturated heterocycles. The molecular weight excluding hydrogens is 218 g/mol. The Balaban J connectivity index is 1.46. The summed E-state index contributed by atoms with van der Waals surface area (Å²) < 4.78 is 0. The van der Waals surface area contributed by atoms with Crippen LogP contribution in [0.15, 0.2) is 0 Å². The second-order valence-electron chi connectivity index (χ2n) is 7.40. The lowest BCUT2D eigenvalue weighted by Crippen LogP contribution is -2.41. The SMILES string of the molecule is CCC1(CNC2CCCC(C3CC3)C2)CCCC1. The number of hydrogen-bond donors (Lipinski definition) is 1. The van der Waals surface area contributed by atoms with Crippen molar-refractivity contribution in [1.82, 2.24) is 5.32 Å². The molecule has 18 heavy (non-hydrogen) atoms. The maximum atomic E-state index is 3.97. The lowest BCUT2D eigenvalue weighted by Gasteiger charge is -2.34. The van der Waals surface area contributed by atoms with Gasteiger partial charge >= 0.3 is 0 Å². The van der Waals surface area contributed by atoms with Crippen LogP contribution in [0.2, 0.25) is 0 Å². The molecule has 0 aromatic heterocycles. The lowest BCUT2D eigenvalue weighted by molar-refractivity contribution is 0.211. The van der Waals surface area contributed by atoms with E-state index >= 15 is 0 Å². The first-order valence-corrected chi connectivity index (χ1v) is 8.55. The van der Waals surface area contributed by atoms with Crippen LogP contribution in [0.25, 0.3) is 0 Å². The third-order valence-electron chi connectivity index (χ3n) is 6.18. The Labute approximate surface area is 113 Å². The van der Waals surface area contributed by atoms with Gasteiger partial charge in [-0.2, -0.15) is 0 Å². The molecule has 0 aromatic rings. The molecular formula is C17H31N. The van der Waals surface area contributed by atoms with Crippen molar-refractivity contribution < 1.29 is 0 Å². The van der Waals surface area contributed by atoms with Crippen LogP contribution >= 0.6 is 0 Å². The average molecular weight is 249 g/mol. The van der Waals surface area contributed by atoms with Crippen LogP contribution in [0.5, 0.6) is 0 Å². The molecule has 2 unspecified atom stereocenters. The third-order valence-corrected chi connectivity index (χ3v) is 6.18. The highest BCUT2D eigenvalue weighted by Crippen LogP contribution is 2.44. The fourth-order valence-electron chi connectivity index (χ4n) is 4.55. The van der Waals surface area contributed by atoms with Crippen molar-refractivity contribution in [1.29, 1.82) is 0 Å². The van der Waals surface area contributed by atoms with E-state index in [4.69, 9.17) is 0 Å². The first-order chi connectivity index (χ1) is 8.81. The molecule has 1 nitrogen and oxygen atoms in total.